The fourth-order valence-electron chi connectivity index (χ4n) is 4.69. The van der Waals surface area contributed by atoms with Crippen LogP contribution in [0.3, 0.4) is 0 Å². The molecular weight excluding hydrogens is 423 g/mol. The highest BCUT2D eigenvalue weighted by Gasteiger charge is 2.63. The number of carboxylic acid groups (broad SMARTS) is 1. The number of aliphatic carboxylic acids is 1. The van der Waals surface area contributed by atoms with Gasteiger partial charge in [0, 0.05) is 22.1 Å². The second-order valence-electron chi connectivity index (χ2n) is 8.15. The minimum atomic E-state index is -1.28. The lowest BCUT2D eigenvalue weighted by atomic mass is 9.49. The molecule has 0 fully saturated rings. The van der Waals surface area contributed by atoms with Crippen molar-refractivity contribution in [2.24, 2.45) is 10.8 Å². The summed E-state index contributed by atoms with van der Waals surface area (Å²) in [7, 11) is 0. The van der Waals surface area contributed by atoms with E-state index in [1.165, 1.54) is 12.1 Å². The summed E-state index contributed by atoms with van der Waals surface area (Å²) >= 11 is 3.42. The van der Waals surface area contributed by atoms with Crippen molar-refractivity contribution in [1.82, 2.24) is 5.32 Å². The lowest BCUT2D eigenvalue weighted by Crippen LogP contribution is -2.63. The van der Waals surface area contributed by atoms with E-state index in [-0.39, 0.29) is 6.04 Å². The van der Waals surface area contributed by atoms with Gasteiger partial charge >= 0.3 is 5.97 Å². The van der Waals surface area contributed by atoms with Crippen LogP contribution in [0.4, 0.5) is 4.39 Å². The molecule has 152 valence electrons. The molecule has 1 aromatic rings. The van der Waals surface area contributed by atoms with Gasteiger partial charge < -0.3 is 10.4 Å². The molecule has 1 aliphatic heterocycles. The molecule has 3 atom stereocenters. The maximum Gasteiger partial charge on any atom is 0.313 e. The van der Waals surface area contributed by atoms with Gasteiger partial charge in [-0.1, -0.05) is 56.1 Å². The van der Waals surface area contributed by atoms with E-state index in [2.05, 4.69) is 27.3 Å². The Balaban J connectivity index is 2.98. The van der Waals surface area contributed by atoms with E-state index in [9.17, 15) is 19.6 Å². The van der Waals surface area contributed by atoms with Gasteiger partial charge in [-0.3, -0.25) is 4.79 Å². The number of carbonyl (C=O) groups is 1. The fourth-order valence-corrected chi connectivity index (χ4v) is 5.27. The van der Waals surface area contributed by atoms with Crippen molar-refractivity contribution in [3.63, 3.8) is 0 Å². The Hall–Kier alpha value is -1.87. The van der Waals surface area contributed by atoms with Crippen LogP contribution in [0.25, 0.3) is 0 Å². The largest absolute Gasteiger partial charge is 0.481 e. The first-order valence-electron chi connectivity index (χ1n) is 9.64. The van der Waals surface area contributed by atoms with Crippen LogP contribution >= 0.6 is 15.9 Å². The molecule has 1 aliphatic rings. The van der Waals surface area contributed by atoms with Crippen LogP contribution in [0.2, 0.25) is 0 Å². The summed E-state index contributed by atoms with van der Waals surface area (Å²) in [5.74, 6) is -2.05. The molecule has 4 nitrogen and oxygen atoms in total. The molecule has 2 rings (SSSR count). The van der Waals surface area contributed by atoms with Gasteiger partial charge in [0.25, 0.3) is 0 Å². The Labute approximate surface area is 175 Å². The lowest BCUT2D eigenvalue weighted by Gasteiger charge is -2.55. The van der Waals surface area contributed by atoms with Crippen LogP contribution in [0.1, 0.15) is 65.4 Å². The Morgan fingerprint density at radius 2 is 2.07 bits per heavy atom. The lowest BCUT2D eigenvalue weighted by molar-refractivity contribution is -0.164. The van der Waals surface area contributed by atoms with Crippen LogP contribution in [-0.4, -0.2) is 17.1 Å². The number of halogens is 2. The van der Waals surface area contributed by atoms with Crippen molar-refractivity contribution in [2.75, 3.05) is 0 Å². The Bertz CT molecular complexity index is 843. The smallest absolute Gasteiger partial charge is 0.313 e. The first-order chi connectivity index (χ1) is 13.1. The van der Waals surface area contributed by atoms with E-state index in [0.717, 1.165) is 6.42 Å². The zero-order valence-corrected chi connectivity index (χ0v) is 18.7. The zero-order chi connectivity index (χ0) is 21.3. The number of nitrogens with zero attached hydrogens (tertiary/aromatic N) is 1. The second kappa shape index (κ2) is 8.24. The van der Waals surface area contributed by atoms with Crippen molar-refractivity contribution >= 4 is 21.9 Å². The normalized spacial score (nSPS) is 25.2. The fraction of sp³-hybridized carbons (Fsp3) is 0.545. The molecule has 0 aliphatic carbocycles. The summed E-state index contributed by atoms with van der Waals surface area (Å²) in [6.07, 6.45) is 2.08. The molecule has 28 heavy (non-hydrogen) atoms. The molecule has 0 radical (unpaired) electrons. The van der Waals surface area contributed by atoms with E-state index in [4.69, 9.17) is 0 Å². The first kappa shape index (κ1) is 22.4. The predicted molar refractivity (Wildman–Crippen MR) is 111 cm³/mol. The van der Waals surface area contributed by atoms with E-state index < -0.39 is 28.5 Å². The number of allylic oxidation sites excluding steroid dienone is 2. The molecule has 2 N–H and O–H groups in total. The highest BCUT2D eigenvalue weighted by atomic mass is 79.9. The van der Waals surface area contributed by atoms with Crippen LogP contribution in [0, 0.1) is 28.0 Å². The third-order valence-electron chi connectivity index (χ3n) is 6.42. The summed E-state index contributed by atoms with van der Waals surface area (Å²) in [4.78, 5) is 13.0. The van der Waals surface area contributed by atoms with Crippen molar-refractivity contribution in [2.45, 2.75) is 65.8 Å². The van der Waals surface area contributed by atoms with Gasteiger partial charge in [0.15, 0.2) is 0 Å². The third kappa shape index (κ3) is 3.34. The summed E-state index contributed by atoms with van der Waals surface area (Å²) < 4.78 is 14.3. The van der Waals surface area contributed by atoms with Crippen LogP contribution in [0.5, 0.6) is 0 Å². The SMILES string of the molecule is CCCC1NC(C)=C(C#N)C(c2ccc(F)cc2Br)C1(C(=O)O)C(C)(C)CC. The number of hydrogen-bond acceptors (Lipinski definition) is 3. The molecule has 6 heteroatoms. The van der Waals surface area contributed by atoms with Crippen molar-refractivity contribution in [3.05, 3.63) is 45.3 Å². The number of nitriles is 1. The van der Waals surface area contributed by atoms with Crippen molar-refractivity contribution < 1.29 is 14.3 Å². The maximum atomic E-state index is 13.8. The van der Waals surface area contributed by atoms with E-state index >= 15 is 0 Å². The Kier molecular flexibility index (Phi) is 6.60. The van der Waals surface area contributed by atoms with Crippen molar-refractivity contribution in [3.8, 4) is 6.07 Å². The standard InChI is InChI=1S/C22H28BrFN2O2/c1-6-8-18-22(20(27)28,21(4,5)7-2)19(16(12-25)13(3)26-18)15-10-9-14(24)11-17(15)23/h9-11,18-19,26H,6-8H2,1-5H3,(H,27,28). The zero-order valence-electron chi connectivity index (χ0n) is 17.1. The highest BCUT2D eigenvalue weighted by Crippen LogP contribution is 2.60. The second-order valence-corrected chi connectivity index (χ2v) is 9.00. The third-order valence-corrected chi connectivity index (χ3v) is 7.10. The van der Waals surface area contributed by atoms with Gasteiger partial charge in [-0.25, -0.2) is 4.39 Å². The van der Waals surface area contributed by atoms with Gasteiger partial charge in [0.2, 0.25) is 0 Å². The molecule has 0 saturated carbocycles. The topological polar surface area (TPSA) is 73.1 Å². The molecular formula is C22H28BrFN2O2. The minimum absolute atomic E-state index is 0.357. The molecule has 3 unspecified atom stereocenters. The van der Waals surface area contributed by atoms with Gasteiger partial charge in [0.1, 0.15) is 11.2 Å². The summed E-state index contributed by atoms with van der Waals surface area (Å²) in [6.45, 7) is 9.71. The molecule has 1 heterocycles. The maximum absolute atomic E-state index is 13.8. The van der Waals surface area contributed by atoms with Gasteiger partial charge in [-0.2, -0.15) is 5.26 Å². The summed E-state index contributed by atoms with van der Waals surface area (Å²) in [6, 6.07) is 6.16. The highest BCUT2D eigenvalue weighted by molar-refractivity contribution is 9.10. The average Bonchev–Trinajstić information content (AvgIpc) is 2.61. The number of benzene rings is 1. The van der Waals surface area contributed by atoms with Gasteiger partial charge in [0.05, 0.1) is 11.6 Å². The predicted octanol–water partition coefficient (Wildman–Crippen LogP) is 5.75. The number of rotatable bonds is 6. The first-order valence-corrected chi connectivity index (χ1v) is 10.4. The quantitative estimate of drug-likeness (QED) is 0.578. The van der Waals surface area contributed by atoms with Crippen LogP contribution in [0.15, 0.2) is 33.9 Å². The number of nitrogens with one attached hydrogen (secondary N) is 1. The monoisotopic (exact) mass is 450 g/mol. The summed E-state index contributed by atoms with van der Waals surface area (Å²) in [5.41, 5.74) is -0.200. The Morgan fingerprint density at radius 3 is 2.54 bits per heavy atom. The van der Waals surface area contributed by atoms with Gasteiger partial charge in [-0.15, -0.1) is 0 Å². The summed E-state index contributed by atoms with van der Waals surface area (Å²) in [5, 5.41) is 24.0. The van der Waals surface area contributed by atoms with E-state index in [1.54, 1.807) is 6.07 Å². The van der Waals surface area contributed by atoms with Crippen molar-refractivity contribution in [1.29, 1.82) is 5.26 Å². The molecule has 0 amide bonds. The van der Waals surface area contributed by atoms with Gasteiger partial charge in [-0.05, 0) is 42.9 Å². The van der Waals surface area contributed by atoms with E-state index in [0.29, 0.717) is 34.1 Å². The van der Waals surface area contributed by atoms with E-state index in [1.807, 2.05) is 34.6 Å². The minimum Gasteiger partial charge on any atom is -0.481 e. The number of hydrogen-bond donors (Lipinski definition) is 2. The molecule has 1 aromatic carbocycles. The molecule has 0 saturated heterocycles. The average molecular weight is 451 g/mol. The van der Waals surface area contributed by atoms with Crippen LogP contribution < -0.4 is 5.32 Å². The molecule has 0 aromatic heterocycles. The Morgan fingerprint density at radius 1 is 1.43 bits per heavy atom. The number of carboxylic acids is 1. The molecule has 0 spiro atoms. The van der Waals surface area contributed by atoms with Crippen LogP contribution in [-0.2, 0) is 4.79 Å². The molecule has 0 bridgehead atoms.